The van der Waals surface area contributed by atoms with Gasteiger partial charge in [0, 0.05) is 37.1 Å². The van der Waals surface area contributed by atoms with E-state index in [0.29, 0.717) is 18.0 Å². The van der Waals surface area contributed by atoms with Crippen LogP contribution in [0.1, 0.15) is 17.2 Å². The van der Waals surface area contributed by atoms with E-state index in [2.05, 4.69) is 10.3 Å². The Balaban J connectivity index is 0.00000192. The Kier molecular flexibility index (Phi) is 6.39. The van der Waals surface area contributed by atoms with Gasteiger partial charge in [0.25, 0.3) is 0 Å². The van der Waals surface area contributed by atoms with Gasteiger partial charge in [0.1, 0.15) is 0 Å². The van der Waals surface area contributed by atoms with Crippen LogP contribution in [0.5, 0.6) is 0 Å². The fourth-order valence-electron chi connectivity index (χ4n) is 2.79. The summed E-state index contributed by atoms with van der Waals surface area (Å²) in [7, 11) is 0. The lowest BCUT2D eigenvalue weighted by Crippen LogP contribution is -2.49. The lowest BCUT2D eigenvalue weighted by atomic mass is 10.0. The summed E-state index contributed by atoms with van der Waals surface area (Å²) in [6, 6.07) is 11.5. The molecule has 0 radical (unpaired) electrons. The molecule has 2 heterocycles. The van der Waals surface area contributed by atoms with Gasteiger partial charge in [-0.05, 0) is 29.3 Å². The molecule has 0 aliphatic carbocycles. The predicted molar refractivity (Wildman–Crippen MR) is 94.0 cm³/mol. The van der Waals surface area contributed by atoms with Crippen molar-refractivity contribution in [3.63, 3.8) is 0 Å². The van der Waals surface area contributed by atoms with E-state index in [9.17, 15) is 4.79 Å². The van der Waals surface area contributed by atoms with Crippen molar-refractivity contribution < 1.29 is 4.79 Å². The highest BCUT2D eigenvalue weighted by Gasteiger charge is 2.27. The molecule has 6 heteroatoms. The highest BCUT2D eigenvalue weighted by atomic mass is 35.5. The van der Waals surface area contributed by atoms with Crippen LogP contribution in [0, 0.1) is 0 Å². The molecule has 4 nitrogen and oxygen atoms in total. The summed E-state index contributed by atoms with van der Waals surface area (Å²) in [5.41, 5.74) is 2.01. The van der Waals surface area contributed by atoms with E-state index in [-0.39, 0.29) is 24.4 Å². The van der Waals surface area contributed by atoms with Crippen molar-refractivity contribution in [2.75, 3.05) is 19.6 Å². The maximum absolute atomic E-state index is 12.7. The van der Waals surface area contributed by atoms with Crippen LogP contribution in [-0.4, -0.2) is 35.4 Å². The minimum Gasteiger partial charge on any atom is -0.333 e. The van der Waals surface area contributed by atoms with E-state index >= 15 is 0 Å². The minimum atomic E-state index is 0. The summed E-state index contributed by atoms with van der Waals surface area (Å²) in [5, 5.41) is 4.05. The van der Waals surface area contributed by atoms with Crippen molar-refractivity contribution in [2.24, 2.45) is 0 Å². The number of benzene rings is 1. The first-order valence-electron chi connectivity index (χ1n) is 7.38. The van der Waals surface area contributed by atoms with Gasteiger partial charge >= 0.3 is 0 Å². The van der Waals surface area contributed by atoms with Gasteiger partial charge in [-0.15, -0.1) is 12.4 Å². The maximum atomic E-state index is 12.7. The molecule has 1 aliphatic rings. The van der Waals surface area contributed by atoms with Crippen LogP contribution < -0.4 is 5.32 Å². The van der Waals surface area contributed by atoms with Crippen molar-refractivity contribution >= 4 is 29.9 Å². The van der Waals surface area contributed by atoms with Crippen molar-refractivity contribution in [1.82, 2.24) is 15.2 Å². The number of carbonyl (C=O) groups is 1. The Hall–Kier alpha value is -1.62. The Morgan fingerprint density at radius 2 is 2.22 bits per heavy atom. The Labute approximate surface area is 147 Å². The van der Waals surface area contributed by atoms with Crippen molar-refractivity contribution in [3.05, 3.63) is 64.9 Å². The highest BCUT2D eigenvalue weighted by molar-refractivity contribution is 6.30. The molecular formula is C17H19Cl2N3O. The largest absolute Gasteiger partial charge is 0.333 e. The average Bonchev–Trinajstić information content (AvgIpc) is 2.56. The lowest BCUT2D eigenvalue weighted by Gasteiger charge is -2.36. The first-order valence-corrected chi connectivity index (χ1v) is 7.76. The molecule has 0 bridgehead atoms. The molecule has 1 aliphatic heterocycles. The number of rotatable bonds is 3. The second kappa shape index (κ2) is 8.29. The molecule has 1 saturated heterocycles. The molecule has 2 aromatic rings. The van der Waals surface area contributed by atoms with Crippen LogP contribution in [0.3, 0.4) is 0 Å². The molecule has 122 valence electrons. The summed E-state index contributed by atoms with van der Waals surface area (Å²) in [6.07, 6.45) is 3.84. The van der Waals surface area contributed by atoms with Crippen LogP contribution in [0.2, 0.25) is 5.02 Å². The Morgan fingerprint density at radius 1 is 1.35 bits per heavy atom. The number of nitrogens with zero attached hydrogens (tertiary/aromatic N) is 2. The number of piperazine rings is 1. The van der Waals surface area contributed by atoms with E-state index in [1.807, 2.05) is 41.3 Å². The zero-order chi connectivity index (χ0) is 15.4. The molecular weight excluding hydrogens is 333 g/mol. The summed E-state index contributed by atoms with van der Waals surface area (Å²) in [4.78, 5) is 18.7. The zero-order valence-electron chi connectivity index (χ0n) is 12.6. The normalized spacial score (nSPS) is 17.4. The van der Waals surface area contributed by atoms with Crippen LogP contribution >= 0.6 is 24.0 Å². The highest BCUT2D eigenvalue weighted by Crippen LogP contribution is 2.25. The van der Waals surface area contributed by atoms with E-state index < -0.39 is 0 Å². The van der Waals surface area contributed by atoms with Crippen LogP contribution in [0.15, 0.2) is 48.8 Å². The fraction of sp³-hybridized carbons (Fsp3) is 0.294. The molecule has 1 amide bonds. The van der Waals surface area contributed by atoms with Gasteiger partial charge in [0.05, 0.1) is 12.5 Å². The molecule has 1 fully saturated rings. The standard InChI is InChI=1S/C17H18ClN3O.ClH/c18-15-5-1-4-14(10-15)16-12-20-7-8-21(16)17(22)9-13-3-2-6-19-11-13;/h1-6,10-11,16,20H,7-9,12H2;1H. The third kappa shape index (κ3) is 4.44. The quantitative estimate of drug-likeness (QED) is 0.924. The molecule has 1 N–H and O–H groups in total. The maximum Gasteiger partial charge on any atom is 0.227 e. The molecule has 1 unspecified atom stereocenters. The summed E-state index contributed by atoms with van der Waals surface area (Å²) < 4.78 is 0. The van der Waals surface area contributed by atoms with Gasteiger partial charge in [-0.25, -0.2) is 0 Å². The number of pyridine rings is 1. The molecule has 1 atom stereocenters. The minimum absolute atomic E-state index is 0. The molecule has 1 aromatic carbocycles. The van der Waals surface area contributed by atoms with Gasteiger partial charge in [0.15, 0.2) is 0 Å². The van der Waals surface area contributed by atoms with E-state index in [1.165, 1.54) is 0 Å². The number of nitrogens with one attached hydrogen (secondary N) is 1. The van der Waals surface area contributed by atoms with Crippen LogP contribution in [0.25, 0.3) is 0 Å². The number of carbonyl (C=O) groups excluding carboxylic acids is 1. The van der Waals surface area contributed by atoms with Gasteiger partial charge in [-0.3, -0.25) is 9.78 Å². The second-order valence-corrected chi connectivity index (χ2v) is 5.84. The molecule has 23 heavy (non-hydrogen) atoms. The van der Waals surface area contributed by atoms with Gasteiger partial charge in [-0.1, -0.05) is 29.8 Å². The zero-order valence-corrected chi connectivity index (χ0v) is 14.2. The monoisotopic (exact) mass is 351 g/mol. The fourth-order valence-corrected chi connectivity index (χ4v) is 2.99. The number of hydrogen-bond acceptors (Lipinski definition) is 3. The van der Waals surface area contributed by atoms with Gasteiger partial charge < -0.3 is 10.2 Å². The average molecular weight is 352 g/mol. The Morgan fingerprint density at radius 3 is 2.96 bits per heavy atom. The molecule has 0 spiro atoms. The topological polar surface area (TPSA) is 45.2 Å². The Bertz CT molecular complexity index is 651. The first-order chi connectivity index (χ1) is 10.7. The van der Waals surface area contributed by atoms with Gasteiger partial charge in [-0.2, -0.15) is 0 Å². The van der Waals surface area contributed by atoms with Crippen LogP contribution in [-0.2, 0) is 11.2 Å². The van der Waals surface area contributed by atoms with Crippen LogP contribution in [0.4, 0.5) is 0 Å². The second-order valence-electron chi connectivity index (χ2n) is 5.40. The van der Waals surface area contributed by atoms with Crippen molar-refractivity contribution in [1.29, 1.82) is 0 Å². The smallest absolute Gasteiger partial charge is 0.227 e. The first kappa shape index (κ1) is 17.7. The van der Waals surface area contributed by atoms with Crippen molar-refractivity contribution in [3.8, 4) is 0 Å². The summed E-state index contributed by atoms with van der Waals surface area (Å²) in [6.45, 7) is 2.27. The van der Waals surface area contributed by atoms with E-state index in [1.54, 1.807) is 12.4 Å². The number of amides is 1. The molecule has 0 saturated carbocycles. The molecule has 1 aromatic heterocycles. The molecule has 3 rings (SSSR count). The number of halogens is 2. The third-order valence-electron chi connectivity index (χ3n) is 3.88. The van der Waals surface area contributed by atoms with Gasteiger partial charge in [0.2, 0.25) is 5.91 Å². The number of hydrogen-bond donors (Lipinski definition) is 1. The third-order valence-corrected chi connectivity index (χ3v) is 4.11. The predicted octanol–water partition coefficient (Wildman–Crippen LogP) is 2.87. The lowest BCUT2D eigenvalue weighted by molar-refractivity contribution is -0.133. The van der Waals surface area contributed by atoms with E-state index in [0.717, 1.165) is 24.2 Å². The number of aromatic nitrogens is 1. The summed E-state index contributed by atoms with van der Waals surface area (Å²) in [5.74, 6) is 0.125. The van der Waals surface area contributed by atoms with E-state index in [4.69, 9.17) is 11.6 Å². The SMILES string of the molecule is Cl.O=C(Cc1cccnc1)N1CCNCC1c1cccc(Cl)c1. The summed E-state index contributed by atoms with van der Waals surface area (Å²) >= 11 is 6.09. The van der Waals surface area contributed by atoms with Crippen molar-refractivity contribution in [2.45, 2.75) is 12.5 Å².